The summed E-state index contributed by atoms with van der Waals surface area (Å²) in [7, 11) is 0. The monoisotopic (exact) mass is 278 g/mol. The predicted octanol–water partition coefficient (Wildman–Crippen LogP) is 4.52. The van der Waals surface area contributed by atoms with Crippen LogP contribution in [0.3, 0.4) is 0 Å². The fourth-order valence-electron chi connectivity index (χ4n) is 1.42. The van der Waals surface area contributed by atoms with Crippen LogP contribution < -0.4 is 0 Å². The van der Waals surface area contributed by atoms with Gasteiger partial charge in [0.05, 0.1) is 10.0 Å². The first-order chi connectivity index (χ1) is 6.89. The lowest BCUT2D eigenvalue weighted by Crippen LogP contribution is -2.05. The van der Waals surface area contributed by atoms with E-state index in [1.165, 1.54) is 6.07 Å². The smallest absolute Gasteiger partial charge is 0.417 e. The standard InChI is InChI=1S/C10H6BrF3O/c1-5-4-6-2-3-7(10(12,13)14)8(11)9(6)15-5/h2-4H,1H3. The highest BCUT2D eigenvalue weighted by atomic mass is 79.9. The molecule has 15 heavy (non-hydrogen) atoms. The number of halogens is 4. The second-order valence-electron chi connectivity index (χ2n) is 3.20. The minimum Gasteiger partial charge on any atom is -0.460 e. The van der Waals surface area contributed by atoms with Gasteiger partial charge in [0.1, 0.15) is 11.3 Å². The molecular weight excluding hydrogens is 273 g/mol. The zero-order valence-corrected chi connectivity index (χ0v) is 9.24. The number of hydrogen-bond acceptors (Lipinski definition) is 1. The zero-order chi connectivity index (χ0) is 11.2. The van der Waals surface area contributed by atoms with Crippen LogP contribution in [0.25, 0.3) is 11.0 Å². The highest BCUT2D eigenvalue weighted by molar-refractivity contribution is 9.10. The van der Waals surface area contributed by atoms with Crippen molar-refractivity contribution >= 4 is 26.9 Å². The summed E-state index contributed by atoms with van der Waals surface area (Å²) in [6.07, 6.45) is -4.37. The highest BCUT2D eigenvalue weighted by Gasteiger charge is 2.34. The van der Waals surface area contributed by atoms with Crippen LogP contribution in [0.1, 0.15) is 11.3 Å². The van der Waals surface area contributed by atoms with E-state index in [1.54, 1.807) is 13.0 Å². The Morgan fingerprint density at radius 1 is 1.27 bits per heavy atom. The molecule has 0 fully saturated rings. The summed E-state index contributed by atoms with van der Waals surface area (Å²) in [5.41, 5.74) is -0.480. The lowest BCUT2D eigenvalue weighted by molar-refractivity contribution is -0.138. The maximum Gasteiger partial charge on any atom is 0.417 e. The molecule has 0 unspecified atom stereocenters. The second kappa shape index (κ2) is 3.27. The molecule has 0 amide bonds. The van der Waals surface area contributed by atoms with Crippen LogP contribution in [0, 0.1) is 6.92 Å². The average Bonchev–Trinajstić information content (AvgIpc) is 2.44. The maximum absolute atomic E-state index is 12.5. The molecule has 0 aliphatic carbocycles. The van der Waals surface area contributed by atoms with Crippen LogP contribution in [0.5, 0.6) is 0 Å². The van der Waals surface area contributed by atoms with E-state index < -0.39 is 11.7 Å². The minimum atomic E-state index is -4.37. The lowest BCUT2D eigenvalue weighted by atomic mass is 10.1. The maximum atomic E-state index is 12.5. The van der Waals surface area contributed by atoms with Gasteiger partial charge in [-0.3, -0.25) is 0 Å². The Morgan fingerprint density at radius 3 is 2.53 bits per heavy atom. The van der Waals surface area contributed by atoms with Gasteiger partial charge in [0, 0.05) is 5.39 Å². The number of furan rings is 1. The molecule has 2 aromatic rings. The molecule has 1 heterocycles. The first kappa shape index (κ1) is 10.5. The number of rotatable bonds is 0. The Labute approximate surface area is 92.0 Å². The molecule has 1 aromatic heterocycles. The Bertz CT molecular complexity index is 513. The van der Waals surface area contributed by atoms with Crippen LogP contribution in [-0.4, -0.2) is 0 Å². The van der Waals surface area contributed by atoms with Gasteiger partial charge in [0.15, 0.2) is 0 Å². The Balaban J connectivity index is 2.75. The molecule has 0 aliphatic rings. The number of hydrogen-bond donors (Lipinski definition) is 0. The third-order valence-electron chi connectivity index (χ3n) is 2.05. The molecular formula is C10H6BrF3O. The van der Waals surface area contributed by atoms with E-state index in [-0.39, 0.29) is 10.1 Å². The Kier molecular flexibility index (Phi) is 2.30. The van der Waals surface area contributed by atoms with E-state index in [0.717, 1.165) is 6.07 Å². The van der Waals surface area contributed by atoms with Crippen molar-refractivity contribution in [3.63, 3.8) is 0 Å². The highest BCUT2D eigenvalue weighted by Crippen LogP contribution is 2.39. The summed E-state index contributed by atoms with van der Waals surface area (Å²) in [4.78, 5) is 0. The van der Waals surface area contributed by atoms with Crippen LogP contribution in [0.2, 0.25) is 0 Å². The predicted molar refractivity (Wildman–Crippen MR) is 53.7 cm³/mol. The van der Waals surface area contributed by atoms with Crippen LogP contribution in [0.4, 0.5) is 13.2 Å². The largest absolute Gasteiger partial charge is 0.460 e. The van der Waals surface area contributed by atoms with Gasteiger partial charge in [0.2, 0.25) is 0 Å². The zero-order valence-electron chi connectivity index (χ0n) is 7.65. The number of benzene rings is 1. The van der Waals surface area contributed by atoms with Gasteiger partial charge < -0.3 is 4.42 Å². The van der Waals surface area contributed by atoms with E-state index in [1.807, 2.05) is 0 Å². The first-order valence-electron chi connectivity index (χ1n) is 4.15. The van der Waals surface area contributed by atoms with Crippen molar-refractivity contribution in [3.8, 4) is 0 Å². The van der Waals surface area contributed by atoms with Crippen LogP contribution in [-0.2, 0) is 6.18 Å². The van der Waals surface area contributed by atoms with Gasteiger partial charge in [-0.05, 0) is 35.0 Å². The Hall–Kier alpha value is -0.970. The van der Waals surface area contributed by atoms with Crippen LogP contribution in [0.15, 0.2) is 27.1 Å². The van der Waals surface area contributed by atoms with Crippen molar-refractivity contribution in [1.82, 2.24) is 0 Å². The van der Waals surface area contributed by atoms with Gasteiger partial charge in [-0.25, -0.2) is 0 Å². The van der Waals surface area contributed by atoms with Crippen molar-refractivity contribution in [2.24, 2.45) is 0 Å². The fourth-order valence-corrected chi connectivity index (χ4v) is 2.08. The summed E-state index contributed by atoms with van der Waals surface area (Å²) in [6.45, 7) is 1.69. The van der Waals surface area contributed by atoms with E-state index in [2.05, 4.69) is 15.9 Å². The average molecular weight is 279 g/mol. The molecule has 5 heteroatoms. The quantitative estimate of drug-likeness (QED) is 0.690. The number of fused-ring (bicyclic) bond motifs is 1. The molecule has 1 nitrogen and oxygen atoms in total. The molecule has 0 saturated heterocycles. The molecule has 2 rings (SSSR count). The molecule has 0 N–H and O–H groups in total. The number of aryl methyl sites for hydroxylation is 1. The van der Waals surface area contributed by atoms with Crippen molar-refractivity contribution in [3.05, 3.63) is 34.0 Å². The Morgan fingerprint density at radius 2 is 1.93 bits per heavy atom. The van der Waals surface area contributed by atoms with Gasteiger partial charge in [0.25, 0.3) is 0 Å². The minimum absolute atomic E-state index is 0.0411. The van der Waals surface area contributed by atoms with Crippen molar-refractivity contribution in [2.75, 3.05) is 0 Å². The van der Waals surface area contributed by atoms with E-state index in [0.29, 0.717) is 11.1 Å². The third kappa shape index (κ3) is 1.76. The van der Waals surface area contributed by atoms with E-state index in [4.69, 9.17) is 4.42 Å². The molecule has 0 saturated carbocycles. The van der Waals surface area contributed by atoms with Crippen molar-refractivity contribution in [2.45, 2.75) is 13.1 Å². The fraction of sp³-hybridized carbons (Fsp3) is 0.200. The molecule has 0 aliphatic heterocycles. The van der Waals surface area contributed by atoms with Crippen molar-refractivity contribution < 1.29 is 17.6 Å². The first-order valence-corrected chi connectivity index (χ1v) is 4.95. The van der Waals surface area contributed by atoms with Crippen molar-refractivity contribution in [1.29, 1.82) is 0 Å². The third-order valence-corrected chi connectivity index (χ3v) is 2.84. The van der Waals surface area contributed by atoms with Gasteiger partial charge in [-0.2, -0.15) is 13.2 Å². The summed E-state index contributed by atoms with van der Waals surface area (Å²) >= 11 is 2.92. The number of alkyl halides is 3. The SMILES string of the molecule is Cc1cc2ccc(C(F)(F)F)c(Br)c2o1. The van der Waals surface area contributed by atoms with Crippen LogP contribution >= 0.6 is 15.9 Å². The van der Waals surface area contributed by atoms with Gasteiger partial charge >= 0.3 is 6.18 Å². The molecule has 0 radical (unpaired) electrons. The normalized spacial score (nSPS) is 12.3. The summed E-state index contributed by atoms with van der Waals surface area (Å²) in [6, 6.07) is 4.14. The molecule has 1 aromatic carbocycles. The van der Waals surface area contributed by atoms with E-state index >= 15 is 0 Å². The molecule has 0 spiro atoms. The molecule has 0 bridgehead atoms. The van der Waals surface area contributed by atoms with Gasteiger partial charge in [-0.15, -0.1) is 0 Å². The summed E-state index contributed by atoms with van der Waals surface area (Å²) in [5, 5.41) is 0.660. The second-order valence-corrected chi connectivity index (χ2v) is 3.99. The van der Waals surface area contributed by atoms with E-state index in [9.17, 15) is 13.2 Å². The lowest BCUT2D eigenvalue weighted by Gasteiger charge is -2.08. The molecule has 80 valence electrons. The topological polar surface area (TPSA) is 13.1 Å². The van der Waals surface area contributed by atoms with Gasteiger partial charge in [-0.1, -0.05) is 6.07 Å². The summed E-state index contributed by atoms with van der Waals surface area (Å²) < 4.78 is 42.7. The molecule has 0 atom stereocenters. The summed E-state index contributed by atoms with van der Waals surface area (Å²) in [5.74, 6) is 0.588.